The summed E-state index contributed by atoms with van der Waals surface area (Å²) in [6.45, 7) is 4.73. The molecule has 5 heteroatoms. The number of nitrogen functional groups attached to an aromatic ring is 1. The largest absolute Gasteiger partial charge is 0.395 e. The Bertz CT molecular complexity index is 421. The van der Waals surface area contributed by atoms with Gasteiger partial charge >= 0.3 is 0 Å². The topological polar surface area (TPSA) is 75.0 Å². The highest BCUT2D eigenvalue weighted by atomic mass is 16.2. The standard InChI is InChI=1S/C13H22N4O/c1-3-10-11(14)12(16-15-10)13(18)17(4-2)9-7-5-6-8-9/h9H,3-8,14H2,1-2H3,(H,15,16). The van der Waals surface area contributed by atoms with Crippen LogP contribution in [0.4, 0.5) is 5.69 Å². The van der Waals surface area contributed by atoms with E-state index in [1.54, 1.807) is 0 Å². The van der Waals surface area contributed by atoms with E-state index in [2.05, 4.69) is 10.2 Å². The smallest absolute Gasteiger partial charge is 0.276 e. The van der Waals surface area contributed by atoms with Crippen LogP contribution in [0.5, 0.6) is 0 Å². The van der Waals surface area contributed by atoms with Crippen LogP contribution in [0.25, 0.3) is 0 Å². The number of nitrogens with zero attached hydrogens (tertiary/aromatic N) is 2. The highest BCUT2D eigenvalue weighted by Crippen LogP contribution is 2.26. The molecule has 1 saturated carbocycles. The van der Waals surface area contributed by atoms with E-state index in [1.807, 2.05) is 18.7 Å². The van der Waals surface area contributed by atoms with Crippen LogP contribution < -0.4 is 5.73 Å². The van der Waals surface area contributed by atoms with E-state index in [0.29, 0.717) is 17.4 Å². The molecule has 100 valence electrons. The minimum Gasteiger partial charge on any atom is -0.395 e. The van der Waals surface area contributed by atoms with Crippen LogP contribution in [0.3, 0.4) is 0 Å². The molecule has 1 aromatic rings. The summed E-state index contributed by atoms with van der Waals surface area (Å²) in [6, 6.07) is 0.365. The average Bonchev–Trinajstić information content (AvgIpc) is 2.99. The molecule has 3 N–H and O–H groups in total. The van der Waals surface area contributed by atoms with Gasteiger partial charge in [-0.05, 0) is 26.2 Å². The molecule has 1 amide bonds. The van der Waals surface area contributed by atoms with Gasteiger partial charge < -0.3 is 10.6 Å². The lowest BCUT2D eigenvalue weighted by atomic mass is 10.1. The minimum atomic E-state index is -0.0298. The number of anilines is 1. The van der Waals surface area contributed by atoms with Crippen molar-refractivity contribution in [3.05, 3.63) is 11.4 Å². The monoisotopic (exact) mass is 250 g/mol. The molecule has 1 aromatic heterocycles. The Labute approximate surface area is 108 Å². The second-order valence-corrected chi connectivity index (χ2v) is 4.85. The maximum absolute atomic E-state index is 12.5. The van der Waals surface area contributed by atoms with Gasteiger partial charge in [0.25, 0.3) is 5.91 Å². The molecule has 0 bridgehead atoms. The summed E-state index contributed by atoms with van der Waals surface area (Å²) >= 11 is 0. The lowest BCUT2D eigenvalue weighted by molar-refractivity contribution is 0.0688. The molecular weight excluding hydrogens is 228 g/mol. The summed E-state index contributed by atoms with van der Waals surface area (Å²) in [7, 11) is 0. The molecule has 18 heavy (non-hydrogen) atoms. The second-order valence-electron chi connectivity index (χ2n) is 4.85. The molecule has 1 aliphatic carbocycles. The van der Waals surface area contributed by atoms with Crippen molar-refractivity contribution in [2.24, 2.45) is 0 Å². The third-order valence-electron chi connectivity index (χ3n) is 3.81. The van der Waals surface area contributed by atoms with Gasteiger partial charge in [0.2, 0.25) is 0 Å². The van der Waals surface area contributed by atoms with E-state index < -0.39 is 0 Å². The molecule has 0 unspecified atom stereocenters. The van der Waals surface area contributed by atoms with Gasteiger partial charge in [0.15, 0.2) is 5.69 Å². The summed E-state index contributed by atoms with van der Waals surface area (Å²) < 4.78 is 0. The normalized spacial score (nSPS) is 16.1. The number of carbonyl (C=O) groups excluding carboxylic acids is 1. The molecule has 0 saturated heterocycles. The molecule has 1 aliphatic rings. The van der Waals surface area contributed by atoms with E-state index in [0.717, 1.165) is 31.5 Å². The van der Waals surface area contributed by atoms with Crippen molar-refractivity contribution < 1.29 is 4.79 Å². The maximum Gasteiger partial charge on any atom is 0.276 e. The number of aryl methyl sites for hydroxylation is 1. The molecule has 0 atom stereocenters. The van der Waals surface area contributed by atoms with Crippen LogP contribution in [-0.4, -0.2) is 33.6 Å². The Balaban J connectivity index is 2.19. The molecule has 0 aromatic carbocycles. The van der Waals surface area contributed by atoms with Crippen LogP contribution in [-0.2, 0) is 6.42 Å². The zero-order valence-electron chi connectivity index (χ0n) is 11.2. The van der Waals surface area contributed by atoms with E-state index in [-0.39, 0.29) is 5.91 Å². The molecule has 5 nitrogen and oxygen atoms in total. The third-order valence-corrected chi connectivity index (χ3v) is 3.81. The fourth-order valence-electron chi connectivity index (χ4n) is 2.74. The van der Waals surface area contributed by atoms with E-state index in [4.69, 9.17) is 5.73 Å². The second kappa shape index (κ2) is 5.42. The van der Waals surface area contributed by atoms with Gasteiger partial charge in [-0.15, -0.1) is 0 Å². The van der Waals surface area contributed by atoms with E-state index >= 15 is 0 Å². The Morgan fingerprint density at radius 1 is 1.44 bits per heavy atom. The number of rotatable bonds is 4. The quantitative estimate of drug-likeness (QED) is 0.857. The molecule has 1 heterocycles. The number of aromatic nitrogens is 2. The lowest BCUT2D eigenvalue weighted by Crippen LogP contribution is -2.39. The Morgan fingerprint density at radius 3 is 2.61 bits per heavy atom. The number of aromatic amines is 1. The van der Waals surface area contributed by atoms with Gasteiger partial charge in [-0.2, -0.15) is 5.10 Å². The number of nitrogens with two attached hydrogens (primary N) is 1. The molecule has 0 radical (unpaired) electrons. The van der Waals surface area contributed by atoms with Crippen molar-refractivity contribution in [2.75, 3.05) is 12.3 Å². The maximum atomic E-state index is 12.5. The van der Waals surface area contributed by atoms with Gasteiger partial charge in [0.1, 0.15) is 0 Å². The third kappa shape index (κ3) is 2.21. The molecular formula is C13H22N4O. The van der Waals surface area contributed by atoms with Crippen molar-refractivity contribution in [1.82, 2.24) is 15.1 Å². The summed E-state index contributed by atoms with van der Waals surface area (Å²) in [5.41, 5.74) is 7.72. The highest BCUT2D eigenvalue weighted by Gasteiger charge is 2.29. The first-order chi connectivity index (χ1) is 8.69. The summed E-state index contributed by atoms with van der Waals surface area (Å²) in [5.74, 6) is -0.0298. The summed E-state index contributed by atoms with van der Waals surface area (Å²) in [6.07, 6.45) is 5.40. The van der Waals surface area contributed by atoms with Gasteiger partial charge in [0.05, 0.1) is 11.4 Å². The van der Waals surface area contributed by atoms with Crippen LogP contribution in [0.15, 0.2) is 0 Å². The number of hydrogen-bond acceptors (Lipinski definition) is 3. The minimum absolute atomic E-state index is 0.0298. The van der Waals surface area contributed by atoms with Crippen LogP contribution in [0.2, 0.25) is 0 Å². The first-order valence-electron chi connectivity index (χ1n) is 6.82. The number of hydrogen-bond donors (Lipinski definition) is 2. The zero-order chi connectivity index (χ0) is 13.1. The average molecular weight is 250 g/mol. The van der Waals surface area contributed by atoms with Crippen molar-refractivity contribution >= 4 is 11.6 Å². The summed E-state index contributed by atoms with van der Waals surface area (Å²) in [4.78, 5) is 14.4. The molecule has 1 fully saturated rings. The fourth-order valence-corrected chi connectivity index (χ4v) is 2.74. The van der Waals surface area contributed by atoms with Crippen molar-refractivity contribution in [3.63, 3.8) is 0 Å². The Kier molecular flexibility index (Phi) is 3.89. The first-order valence-corrected chi connectivity index (χ1v) is 6.82. The van der Waals surface area contributed by atoms with Crippen molar-refractivity contribution in [2.45, 2.75) is 52.0 Å². The first kappa shape index (κ1) is 12.9. The number of carbonyl (C=O) groups is 1. The van der Waals surface area contributed by atoms with Crippen LogP contribution >= 0.6 is 0 Å². The molecule has 0 aliphatic heterocycles. The predicted molar refractivity (Wildman–Crippen MR) is 71.3 cm³/mol. The number of H-pyrrole nitrogens is 1. The Hall–Kier alpha value is -1.52. The van der Waals surface area contributed by atoms with Gasteiger partial charge in [0, 0.05) is 12.6 Å². The lowest BCUT2D eigenvalue weighted by Gasteiger charge is -2.27. The predicted octanol–water partition coefficient (Wildman–Crippen LogP) is 1.96. The number of nitrogens with one attached hydrogen (secondary N) is 1. The SMILES string of the molecule is CCc1[nH]nc(C(=O)N(CC)C2CCCC2)c1N. The van der Waals surface area contributed by atoms with E-state index in [9.17, 15) is 4.79 Å². The Morgan fingerprint density at radius 2 is 2.11 bits per heavy atom. The van der Waals surface area contributed by atoms with E-state index in [1.165, 1.54) is 12.8 Å². The molecule has 2 rings (SSSR count). The fraction of sp³-hybridized carbons (Fsp3) is 0.692. The van der Waals surface area contributed by atoms with Crippen LogP contribution in [0.1, 0.15) is 55.7 Å². The van der Waals surface area contributed by atoms with Crippen molar-refractivity contribution in [1.29, 1.82) is 0 Å². The molecule has 0 spiro atoms. The van der Waals surface area contributed by atoms with Crippen molar-refractivity contribution in [3.8, 4) is 0 Å². The number of amides is 1. The van der Waals surface area contributed by atoms with Gasteiger partial charge in [-0.1, -0.05) is 19.8 Å². The zero-order valence-corrected chi connectivity index (χ0v) is 11.2. The highest BCUT2D eigenvalue weighted by molar-refractivity contribution is 5.97. The van der Waals surface area contributed by atoms with Gasteiger partial charge in [-0.25, -0.2) is 0 Å². The van der Waals surface area contributed by atoms with Gasteiger partial charge in [-0.3, -0.25) is 9.89 Å². The van der Waals surface area contributed by atoms with Crippen LogP contribution in [0, 0.1) is 0 Å². The summed E-state index contributed by atoms with van der Waals surface area (Å²) in [5, 5.41) is 6.94.